The zero-order chi connectivity index (χ0) is 9.97. The smallest absolute Gasteiger partial charge is 0.0487 e. The first-order valence-corrected chi connectivity index (χ1v) is 6.82. The summed E-state index contributed by atoms with van der Waals surface area (Å²) in [6.07, 6.45) is 4.22. The molecule has 3 heteroatoms. The lowest BCUT2D eigenvalue weighted by Gasteiger charge is -2.26. The summed E-state index contributed by atoms with van der Waals surface area (Å²) >= 11 is 5.86. The summed E-state index contributed by atoms with van der Waals surface area (Å²) in [5, 5.41) is 3.52. The molecule has 1 fully saturated rings. The van der Waals surface area contributed by atoms with Crippen molar-refractivity contribution in [1.82, 2.24) is 0 Å². The van der Waals surface area contributed by atoms with Crippen LogP contribution in [0.25, 0.3) is 0 Å². The van der Waals surface area contributed by atoms with Crippen LogP contribution in [0.5, 0.6) is 0 Å². The third kappa shape index (κ3) is 2.63. The molecule has 0 atom stereocenters. The average Bonchev–Trinajstić information content (AvgIpc) is 2.08. The predicted octanol–water partition coefficient (Wildman–Crippen LogP) is 4.27. The van der Waals surface area contributed by atoms with Crippen molar-refractivity contribution < 1.29 is 0 Å². The number of rotatable bonds is 3. The lowest BCUT2D eigenvalue weighted by Crippen LogP contribution is -2.21. The van der Waals surface area contributed by atoms with Gasteiger partial charge in [-0.1, -0.05) is 22.4 Å². The molecule has 0 unspecified atom stereocenters. The molecule has 0 heterocycles. The van der Waals surface area contributed by atoms with Gasteiger partial charge in [0.25, 0.3) is 0 Å². The van der Waals surface area contributed by atoms with E-state index in [1.54, 1.807) is 0 Å². The molecule has 1 aromatic rings. The molecule has 14 heavy (non-hydrogen) atoms. The highest BCUT2D eigenvalue weighted by molar-refractivity contribution is 14.1. The van der Waals surface area contributed by atoms with E-state index >= 15 is 0 Å². The molecule has 0 bridgehead atoms. The maximum Gasteiger partial charge on any atom is 0.0487 e. The van der Waals surface area contributed by atoms with Crippen molar-refractivity contribution in [2.24, 2.45) is 5.92 Å². The Hall–Kier alpha value is 0.230. The van der Waals surface area contributed by atoms with Gasteiger partial charge in [0.15, 0.2) is 0 Å². The quantitative estimate of drug-likeness (QED) is 0.789. The van der Waals surface area contributed by atoms with Gasteiger partial charge in [0.05, 0.1) is 0 Å². The first kappa shape index (κ1) is 10.7. The van der Waals surface area contributed by atoms with E-state index in [0.717, 1.165) is 16.9 Å². The number of anilines is 1. The zero-order valence-electron chi connectivity index (χ0n) is 7.89. The molecule has 0 saturated heterocycles. The Morgan fingerprint density at radius 3 is 2.86 bits per heavy atom. The number of nitrogens with one attached hydrogen (secondary N) is 1. The van der Waals surface area contributed by atoms with Crippen LogP contribution in [0.1, 0.15) is 19.3 Å². The SMILES string of the molecule is Brc1ccc(I)c(NCC2CCC2)c1. The molecular weight excluding hydrogens is 353 g/mol. The summed E-state index contributed by atoms with van der Waals surface area (Å²) in [4.78, 5) is 0. The fourth-order valence-corrected chi connectivity index (χ4v) is 2.47. The molecule has 76 valence electrons. The number of hydrogen-bond donors (Lipinski definition) is 1. The fraction of sp³-hybridized carbons (Fsp3) is 0.455. The fourth-order valence-electron chi connectivity index (χ4n) is 1.58. The summed E-state index contributed by atoms with van der Waals surface area (Å²) < 4.78 is 2.44. The minimum Gasteiger partial charge on any atom is -0.384 e. The normalized spacial score (nSPS) is 16.4. The zero-order valence-corrected chi connectivity index (χ0v) is 11.6. The van der Waals surface area contributed by atoms with Crippen LogP contribution in [0.3, 0.4) is 0 Å². The molecule has 1 aliphatic carbocycles. The van der Waals surface area contributed by atoms with E-state index in [0.29, 0.717) is 0 Å². The lowest BCUT2D eigenvalue weighted by molar-refractivity contribution is 0.333. The van der Waals surface area contributed by atoms with Gasteiger partial charge in [-0.3, -0.25) is 0 Å². The Balaban J connectivity index is 1.96. The molecule has 0 aliphatic heterocycles. The Morgan fingerprint density at radius 2 is 2.21 bits per heavy atom. The molecule has 0 aromatic heterocycles. The van der Waals surface area contributed by atoms with E-state index in [1.807, 2.05) is 0 Å². The van der Waals surface area contributed by atoms with Gasteiger partial charge in [-0.05, 0) is 59.5 Å². The van der Waals surface area contributed by atoms with Crippen LogP contribution in [0.4, 0.5) is 5.69 Å². The van der Waals surface area contributed by atoms with E-state index in [9.17, 15) is 0 Å². The monoisotopic (exact) mass is 365 g/mol. The number of benzene rings is 1. The van der Waals surface area contributed by atoms with Gasteiger partial charge in [0, 0.05) is 20.3 Å². The summed E-state index contributed by atoms with van der Waals surface area (Å²) in [7, 11) is 0. The Morgan fingerprint density at radius 1 is 1.43 bits per heavy atom. The highest BCUT2D eigenvalue weighted by atomic mass is 127. The first-order valence-electron chi connectivity index (χ1n) is 4.94. The molecule has 0 spiro atoms. The van der Waals surface area contributed by atoms with Crippen LogP contribution in [0.15, 0.2) is 22.7 Å². The maximum absolute atomic E-state index is 3.52. The summed E-state index contributed by atoms with van der Waals surface area (Å²) in [5.74, 6) is 0.907. The molecule has 0 radical (unpaired) electrons. The van der Waals surface area contributed by atoms with Crippen molar-refractivity contribution in [1.29, 1.82) is 0 Å². The second-order valence-electron chi connectivity index (χ2n) is 3.80. The third-order valence-corrected chi connectivity index (χ3v) is 4.17. The van der Waals surface area contributed by atoms with E-state index in [-0.39, 0.29) is 0 Å². The van der Waals surface area contributed by atoms with Crippen molar-refractivity contribution in [2.75, 3.05) is 11.9 Å². The topological polar surface area (TPSA) is 12.0 Å². The summed E-state index contributed by atoms with van der Waals surface area (Å²) in [6.45, 7) is 1.13. The van der Waals surface area contributed by atoms with Crippen molar-refractivity contribution >= 4 is 44.2 Å². The largest absolute Gasteiger partial charge is 0.384 e. The van der Waals surface area contributed by atoms with Gasteiger partial charge in [-0.2, -0.15) is 0 Å². The van der Waals surface area contributed by atoms with Gasteiger partial charge in [-0.25, -0.2) is 0 Å². The second-order valence-corrected chi connectivity index (χ2v) is 5.88. The van der Waals surface area contributed by atoms with Gasteiger partial charge < -0.3 is 5.32 Å². The van der Waals surface area contributed by atoms with Crippen LogP contribution in [0.2, 0.25) is 0 Å². The molecule has 1 N–H and O–H groups in total. The molecule has 1 aromatic carbocycles. The van der Waals surface area contributed by atoms with Crippen LogP contribution in [-0.2, 0) is 0 Å². The van der Waals surface area contributed by atoms with E-state index in [2.05, 4.69) is 62.0 Å². The second kappa shape index (κ2) is 4.84. The van der Waals surface area contributed by atoms with E-state index in [4.69, 9.17) is 0 Å². The molecule has 2 rings (SSSR count). The third-order valence-electron chi connectivity index (χ3n) is 2.73. The highest BCUT2D eigenvalue weighted by Crippen LogP contribution is 2.28. The Kier molecular flexibility index (Phi) is 3.71. The Bertz CT molecular complexity index is 323. The van der Waals surface area contributed by atoms with Crippen LogP contribution < -0.4 is 5.32 Å². The van der Waals surface area contributed by atoms with Gasteiger partial charge in [0.1, 0.15) is 0 Å². The number of hydrogen-bond acceptors (Lipinski definition) is 1. The minimum absolute atomic E-state index is 0.907. The van der Waals surface area contributed by atoms with E-state index < -0.39 is 0 Å². The predicted molar refractivity (Wildman–Crippen MR) is 72.7 cm³/mol. The number of halogens is 2. The molecule has 1 aliphatic rings. The van der Waals surface area contributed by atoms with Crippen molar-refractivity contribution in [3.8, 4) is 0 Å². The summed E-state index contributed by atoms with van der Waals surface area (Å²) in [6, 6.07) is 6.37. The van der Waals surface area contributed by atoms with Crippen LogP contribution >= 0.6 is 38.5 Å². The molecule has 0 amide bonds. The minimum atomic E-state index is 0.907. The van der Waals surface area contributed by atoms with Crippen molar-refractivity contribution in [3.63, 3.8) is 0 Å². The first-order chi connectivity index (χ1) is 6.75. The van der Waals surface area contributed by atoms with Crippen LogP contribution in [0, 0.1) is 9.49 Å². The Labute approximate surface area is 107 Å². The average molecular weight is 366 g/mol. The lowest BCUT2D eigenvalue weighted by atomic mass is 9.85. The van der Waals surface area contributed by atoms with Gasteiger partial charge in [0.2, 0.25) is 0 Å². The van der Waals surface area contributed by atoms with Gasteiger partial charge in [-0.15, -0.1) is 0 Å². The molecule has 1 nitrogen and oxygen atoms in total. The molecular formula is C11H13BrIN. The van der Waals surface area contributed by atoms with Crippen molar-refractivity contribution in [2.45, 2.75) is 19.3 Å². The summed E-state index contributed by atoms with van der Waals surface area (Å²) in [5.41, 5.74) is 1.26. The highest BCUT2D eigenvalue weighted by Gasteiger charge is 2.16. The standard InChI is InChI=1S/C11H13BrIN/c12-9-4-5-10(13)11(6-9)14-7-8-2-1-3-8/h4-6,8,14H,1-3,7H2. The van der Waals surface area contributed by atoms with Gasteiger partial charge >= 0.3 is 0 Å². The maximum atomic E-state index is 3.52. The van der Waals surface area contributed by atoms with Crippen LogP contribution in [-0.4, -0.2) is 6.54 Å². The van der Waals surface area contributed by atoms with Crippen molar-refractivity contribution in [3.05, 3.63) is 26.2 Å². The molecule has 1 saturated carbocycles. The van der Waals surface area contributed by atoms with E-state index in [1.165, 1.54) is 28.5 Å².